The van der Waals surface area contributed by atoms with Crippen molar-refractivity contribution in [2.75, 3.05) is 6.61 Å². The van der Waals surface area contributed by atoms with Gasteiger partial charge in [-0.1, -0.05) is 45.4 Å². The molecule has 1 saturated heterocycles. The number of aliphatic hydroxyl groups excluding tert-OH is 4. The molecule has 7 heteroatoms. The molecule has 0 radical (unpaired) electrons. The Hall–Kier alpha value is -0.730. The lowest BCUT2D eigenvalue weighted by molar-refractivity contribution is -0.287. The Kier molecular flexibility index (Phi) is 9.66. The van der Waals surface area contributed by atoms with E-state index in [1.54, 1.807) is 0 Å². The number of rotatable bonds is 10. The average molecular weight is 334 g/mol. The van der Waals surface area contributed by atoms with Crippen LogP contribution in [0.4, 0.5) is 0 Å². The van der Waals surface area contributed by atoms with Crippen molar-refractivity contribution in [2.45, 2.75) is 89.0 Å². The van der Waals surface area contributed by atoms with E-state index >= 15 is 0 Å². The van der Waals surface area contributed by atoms with Gasteiger partial charge in [0.15, 0.2) is 6.29 Å². The van der Waals surface area contributed by atoms with E-state index < -0.39 is 36.7 Å². The molecule has 1 rings (SSSR count). The normalized spacial score (nSPS) is 31.1. The van der Waals surface area contributed by atoms with Crippen molar-refractivity contribution in [3.05, 3.63) is 0 Å². The summed E-state index contributed by atoms with van der Waals surface area (Å²) in [6, 6.07) is 0. The van der Waals surface area contributed by atoms with Gasteiger partial charge in [0, 0.05) is 6.42 Å². The highest BCUT2D eigenvalue weighted by molar-refractivity contribution is 5.69. The molecule has 7 nitrogen and oxygen atoms in total. The number of esters is 1. The Bertz CT molecular complexity index is 336. The number of unbranched alkanes of at least 4 members (excludes halogenated alkanes) is 6. The van der Waals surface area contributed by atoms with Crippen LogP contribution in [0, 0.1) is 0 Å². The van der Waals surface area contributed by atoms with Gasteiger partial charge in [0.05, 0.1) is 0 Å². The lowest BCUT2D eigenvalue weighted by Crippen LogP contribution is -2.58. The molecule has 1 unspecified atom stereocenters. The number of aliphatic hydroxyl groups is 4. The molecule has 1 aliphatic rings. The van der Waals surface area contributed by atoms with Gasteiger partial charge in [-0.05, 0) is 6.42 Å². The molecule has 0 aromatic heterocycles. The van der Waals surface area contributed by atoms with E-state index in [-0.39, 0.29) is 6.61 Å². The first kappa shape index (κ1) is 20.3. The summed E-state index contributed by atoms with van der Waals surface area (Å²) in [5, 5.41) is 38.0. The zero-order valence-corrected chi connectivity index (χ0v) is 13.8. The third kappa shape index (κ3) is 7.14. The second-order valence-corrected chi connectivity index (χ2v) is 6.09. The van der Waals surface area contributed by atoms with E-state index in [2.05, 4.69) is 6.92 Å². The van der Waals surface area contributed by atoms with E-state index in [4.69, 9.17) is 9.47 Å². The van der Waals surface area contributed by atoms with Crippen molar-refractivity contribution in [1.29, 1.82) is 0 Å². The van der Waals surface area contributed by atoms with Gasteiger partial charge in [0.1, 0.15) is 31.0 Å². The summed E-state index contributed by atoms with van der Waals surface area (Å²) in [5.74, 6) is -0.399. The van der Waals surface area contributed by atoms with E-state index in [9.17, 15) is 25.2 Å². The molecular weight excluding hydrogens is 304 g/mol. The summed E-state index contributed by atoms with van der Waals surface area (Å²) in [4.78, 5) is 11.6. The lowest BCUT2D eigenvalue weighted by Gasteiger charge is -2.37. The number of hydrogen-bond acceptors (Lipinski definition) is 7. The van der Waals surface area contributed by atoms with Gasteiger partial charge < -0.3 is 29.9 Å². The predicted molar refractivity (Wildman–Crippen MR) is 82.5 cm³/mol. The molecule has 136 valence electrons. The highest BCUT2D eigenvalue weighted by Gasteiger charge is 2.43. The van der Waals surface area contributed by atoms with Crippen molar-refractivity contribution in [1.82, 2.24) is 0 Å². The molecule has 23 heavy (non-hydrogen) atoms. The molecule has 5 atom stereocenters. The molecule has 0 spiro atoms. The molecule has 0 saturated carbocycles. The van der Waals surface area contributed by atoms with Crippen molar-refractivity contribution in [2.24, 2.45) is 0 Å². The van der Waals surface area contributed by atoms with Gasteiger partial charge in [-0.3, -0.25) is 4.79 Å². The second-order valence-electron chi connectivity index (χ2n) is 6.09. The minimum atomic E-state index is -1.61. The Morgan fingerprint density at radius 1 is 0.913 bits per heavy atom. The summed E-state index contributed by atoms with van der Waals surface area (Å²) in [6.45, 7) is 1.90. The van der Waals surface area contributed by atoms with Crippen LogP contribution < -0.4 is 0 Å². The smallest absolute Gasteiger partial charge is 0.305 e. The number of carbonyl (C=O) groups is 1. The number of carbonyl (C=O) groups excluding carboxylic acids is 1. The van der Waals surface area contributed by atoms with Gasteiger partial charge in [-0.2, -0.15) is 0 Å². The van der Waals surface area contributed by atoms with Crippen molar-refractivity contribution in [3.8, 4) is 0 Å². The van der Waals surface area contributed by atoms with Crippen LogP contribution in [-0.4, -0.2) is 63.7 Å². The Labute approximate surface area is 137 Å². The first-order valence-corrected chi connectivity index (χ1v) is 8.50. The average Bonchev–Trinajstić information content (AvgIpc) is 2.54. The van der Waals surface area contributed by atoms with Crippen LogP contribution >= 0.6 is 0 Å². The first-order chi connectivity index (χ1) is 11.0. The monoisotopic (exact) mass is 334 g/mol. The third-order valence-corrected chi connectivity index (χ3v) is 4.08. The standard InChI is InChI=1S/C16H30O7/c1-2-3-4-5-6-7-8-9-12(17)22-10-11-13(18)14(19)15(20)16(21)23-11/h11,13-16,18-21H,2-10H2,1H3/t11-,13-,14-,15-,16?/m1/s1. The summed E-state index contributed by atoms with van der Waals surface area (Å²) >= 11 is 0. The van der Waals surface area contributed by atoms with Gasteiger partial charge >= 0.3 is 5.97 Å². The molecule has 1 fully saturated rings. The first-order valence-electron chi connectivity index (χ1n) is 8.50. The zero-order chi connectivity index (χ0) is 17.2. The van der Waals surface area contributed by atoms with Crippen molar-refractivity contribution < 1.29 is 34.7 Å². The molecule has 0 aromatic carbocycles. The SMILES string of the molecule is CCCCCCCCCC(=O)OC[C@H]1OC(O)[C@H](O)[C@H](O)[C@@H]1O. The maximum absolute atomic E-state index is 11.6. The molecule has 0 amide bonds. The summed E-state index contributed by atoms with van der Waals surface area (Å²) in [7, 11) is 0. The van der Waals surface area contributed by atoms with Crippen LogP contribution in [-0.2, 0) is 14.3 Å². The van der Waals surface area contributed by atoms with E-state index in [0.29, 0.717) is 6.42 Å². The maximum atomic E-state index is 11.6. The van der Waals surface area contributed by atoms with E-state index in [1.807, 2.05) is 0 Å². The molecule has 0 bridgehead atoms. The Balaban J connectivity index is 2.13. The minimum absolute atomic E-state index is 0.267. The fourth-order valence-corrected chi connectivity index (χ4v) is 2.54. The summed E-state index contributed by atoms with van der Waals surface area (Å²) in [5.41, 5.74) is 0. The van der Waals surface area contributed by atoms with Gasteiger partial charge in [-0.15, -0.1) is 0 Å². The lowest BCUT2D eigenvalue weighted by atomic mass is 9.99. The molecule has 4 N–H and O–H groups in total. The molecular formula is C16H30O7. The Morgan fingerprint density at radius 2 is 1.52 bits per heavy atom. The van der Waals surface area contributed by atoms with Crippen LogP contribution in [0.3, 0.4) is 0 Å². The van der Waals surface area contributed by atoms with Gasteiger partial charge in [-0.25, -0.2) is 0 Å². The fourth-order valence-electron chi connectivity index (χ4n) is 2.54. The summed E-state index contributed by atoms with van der Waals surface area (Å²) < 4.78 is 9.93. The third-order valence-electron chi connectivity index (χ3n) is 4.08. The van der Waals surface area contributed by atoms with E-state index in [0.717, 1.165) is 19.3 Å². The molecule has 1 aliphatic heterocycles. The summed E-state index contributed by atoms with van der Waals surface area (Å²) in [6.07, 6.45) is 0.806. The molecule has 1 heterocycles. The van der Waals surface area contributed by atoms with Crippen LogP contribution in [0.25, 0.3) is 0 Å². The maximum Gasteiger partial charge on any atom is 0.305 e. The quantitative estimate of drug-likeness (QED) is 0.339. The van der Waals surface area contributed by atoms with Gasteiger partial charge in [0.2, 0.25) is 0 Å². The zero-order valence-electron chi connectivity index (χ0n) is 13.8. The van der Waals surface area contributed by atoms with Crippen molar-refractivity contribution >= 4 is 5.97 Å². The van der Waals surface area contributed by atoms with E-state index in [1.165, 1.54) is 25.7 Å². The Morgan fingerprint density at radius 3 is 2.17 bits per heavy atom. The van der Waals surface area contributed by atoms with Crippen LogP contribution in [0.1, 0.15) is 58.3 Å². The highest BCUT2D eigenvalue weighted by Crippen LogP contribution is 2.20. The molecule has 0 aromatic rings. The molecule has 0 aliphatic carbocycles. The van der Waals surface area contributed by atoms with Gasteiger partial charge in [0.25, 0.3) is 0 Å². The highest BCUT2D eigenvalue weighted by atomic mass is 16.6. The number of ether oxygens (including phenoxy) is 2. The minimum Gasteiger partial charge on any atom is -0.463 e. The van der Waals surface area contributed by atoms with Crippen LogP contribution in [0.5, 0.6) is 0 Å². The van der Waals surface area contributed by atoms with Crippen LogP contribution in [0.2, 0.25) is 0 Å². The largest absolute Gasteiger partial charge is 0.463 e. The predicted octanol–water partition coefficient (Wildman–Crippen LogP) is 0.470. The topological polar surface area (TPSA) is 116 Å². The van der Waals surface area contributed by atoms with Crippen LogP contribution in [0.15, 0.2) is 0 Å². The van der Waals surface area contributed by atoms with Crippen molar-refractivity contribution in [3.63, 3.8) is 0 Å². The number of hydrogen-bond donors (Lipinski definition) is 4. The fraction of sp³-hybridized carbons (Fsp3) is 0.938. The second kappa shape index (κ2) is 10.9.